The second-order valence-corrected chi connectivity index (χ2v) is 20.9. The third-order valence-electron chi connectivity index (χ3n) is 14.5. The van der Waals surface area contributed by atoms with Crippen molar-refractivity contribution >= 4 is 55.4 Å². The highest BCUT2D eigenvalue weighted by Gasteiger charge is 2.40. The van der Waals surface area contributed by atoms with E-state index in [9.17, 15) is 0 Å². The molecule has 0 saturated carbocycles. The molecule has 1 heterocycles. The monoisotopic (exact) mass is 827 g/mol. The lowest BCUT2D eigenvalue weighted by Crippen LogP contribution is -2.57. The normalized spacial score (nSPS) is 13.0. The number of aryl methyl sites for hydroxylation is 3. The summed E-state index contributed by atoms with van der Waals surface area (Å²) in [4.78, 5) is 0. The van der Waals surface area contributed by atoms with Crippen molar-refractivity contribution in [3.05, 3.63) is 147 Å². The summed E-state index contributed by atoms with van der Waals surface area (Å²) in [6, 6.07) is 38.2. The molecule has 1 aliphatic heterocycles. The second-order valence-electron chi connectivity index (χ2n) is 20.9. The Morgan fingerprint density at radius 3 is 1.46 bits per heavy atom. The molecule has 0 radical (unpaired) electrons. The Morgan fingerprint density at radius 2 is 0.921 bits per heavy atom. The molecule has 0 aliphatic carbocycles. The fraction of sp³-hybridized carbons (Fsp3) is 0.344. The molecule has 0 saturated heterocycles. The zero-order valence-electron chi connectivity index (χ0n) is 40.7. The first kappa shape index (κ1) is 42.9. The van der Waals surface area contributed by atoms with Gasteiger partial charge in [0.2, 0.25) is 0 Å². The first-order valence-corrected chi connectivity index (χ1v) is 24.0. The van der Waals surface area contributed by atoms with Crippen molar-refractivity contribution in [1.82, 2.24) is 0 Å². The maximum atomic E-state index is 7.47. The van der Waals surface area contributed by atoms with Crippen LogP contribution in [0.2, 0.25) is 0 Å². The van der Waals surface area contributed by atoms with Crippen molar-refractivity contribution in [3.63, 3.8) is 0 Å². The van der Waals surface area contributed by atoms with E-state index in [1.807, 2.05) is 0 Å². The molecule has 1 aliphatic rings. The highest BCUT2D eigenvalue weighted by atomic mass is 16.5. The molecule has 0 aromatic heterocycles. The third kappa shape index (κ3) is 6.90. The van der Waals surface area contributed by atoms with Gasteiger partial charge in [-0.2, -0.15) is 0 Å². The molecule has 0 N–H and O–H groups in total. The Hall–Kier alpha value is -5.34. The molecule has 0 amide bonds. The molecule has 320 valence electrons. The van der Waals surface area contributed by atoms with Gasteiger partial charge in [0.05, 0.1) is 0 Å². The molecule has 63 heavy (non-hydrogen) atoms. The number of fused-ring (bicyclic) bond motifs is 3. The van der Waals surface area contributed by atoms with E-state index in [1.165, 1.54) is 121 Å². The summed E-state index contributed by atoms with van der Waals surface area (Å²) >= 11 is 0. The molecule has 0 spiro atoms. The van der Waals surface area contributed by atoms with E-state index in [0.717, 1.165) is 11.5 Å². The Morgan fingerprint density at radius 1 is 0.429 bits per heavy atom. The maximum absolute atomic E-state index is 7.47. The lowest BCUT2D eigenvalue weighted by Gasteiger charge is -2.35. The van der Waals surface area contributed by atoms with Gasteiger partial charge < -0.3 is 4.74 Å². The Labute approximate surface area is 378 Å². The predicted octanol–water partition coefficient (Wildman–Crippen LogP) is 16.2. The quantitative estimate of drug-likeness (QED) is 0.104. The molecular formula is C61H67BO. The molecule has 0 fully saturated rings. The maximum Gasteiger partial charge on any atom is 0.252 e. The van der Waals surface area contributed by atoms with Crippen LogP contribution >= 0.6 is 0 Å². The highest BCUT2D eigenvalue weighted by Crippen LogP contribution is 2.51. The topological polar surface area (TPSA) is 9.23 Å². The van der Waals surface area contributed by atoms with Crippen molar-refractivity contribution < 1.29 is 4.74 Å². The number of ether oxygens (including phenoxy) is 1. The SMILES string of the molecule is Cc1cc(C)c(B2c3ccccc3Oc3c2c(-c2c(C(C)C)cc(C(C)C)cc2C(C)C)c2ccc4ccc(-c5c(C(C)C)cc(C(C)C)cc5C(C)C)c5ccc3c2c45)c(C)c1. The molecule has 8 aromatic rings. The predicted molar refractivity (Wildman–Crippen MR) is 277 cm³/mol. The summed E-state index contributed by atoms with van der Waals surface area (Å²) in [6.07, 6.45) is 0. The number of para-hydroxylation sites is 1. The minimum atomic E-state index is -0.0236. The second kappa shape index (κ2) is 16.0. The highest BCUT2D eigenvalue weighted by molar-refractivity contribution is 6.98. The van der Waals surface area contributed by atoms with Crippen molar-refractivity contribution in [2.45, 2.75) is 139 Å². The van der Waals surface area contributed by atoms with Gasteiger partial charge in [0, 0.05) is 10.8 Å². The number of rotatable bonds is 9. The summed E-state index contributed by atoms with van der Waals surface area (Å²) in [5.74, 6) is 4.22. The van der Waals surface area contributed by atoms with E-state index in [1.54, 1.807) is 0 Å². The van der Waals surface area contributed by atoms with Crippen LogP contribution in [0.3, 0.4) is 0 Å². The van der Waals surface area contributed by atoms with E-state index >= 15 is 0 Å². The average Bonchev–Trinajstić information content (AvgIpc) is 3.23. The van der Waals surface area contributed by atoms with E-state index < -0.39 is 0 Å². The van der Waals surface area contributed by atoms with Crippen LogP contribution in [-0.4, -0.2) is 6.71 Å². The van der Waals surface area contributed by atoms with Gasteiger partial charge >= 0.3 is 0 Å². The zero-order valence-corrected chi connectivity index (χ0v) is 40.7. The van der Waals surface area contributed by atoms with Gasteiger partial charge in [-0.05, 0) is 157 Å². The van der Waals surface area contributed by atoms with Crippen LogP contribution in [0.25, 0.3) is 54.6 Å². The fourth-order valence-corrected chi connectivity index (χ4v) is 11.4. The largest absolute Gasteiger partial charge is 0.458 e. The van der Waals surface area contributed by atoms with Crippen LogP contribution in [0.5, 0.6) is 11.5 Å². The Bertz CT molecular complexity index is 3000. The number of hydrogen-bond acceptors (Lipinski definition) is 1. The molecule has 0 atom stereocenters. The first-order chi connectivity index (χ1) is 30.0. The van der Waals surface area contributed by atoms with E-state index in [4.69, 9.17) is 4.74 Å². The fourth-order valence-electron chi connectivity index (χ4n) is 11.4. The summed E-state index contributed by atoms with van der Waals surface area (Å²) in [7, 11) is 0. The minimum Gasteiger partial charge on any atom is -0.458 e. The first-order valence-electron chi connectivity index (χ1n) is 24.0. The molecule has 0 bridgehead atoms. The van der Waals surface area contributed by atoms with Crippen LogP contribution in [0.1, 0.15) is 169 Å². The lowest BCUT2D eigenvalue weighted by atomic mass is 9.33. The van der Waals surface area contributed by atoms with Crippen molar-refractivity contribution in [3.8, 4) is 33.8 Å². The van der Waals surface area contributed by atoms with Gasteiger partial charge in [-0.1, -0.05) is 190 Å². The molecular weight excluding hydrogens is 759 g/mol. The summed E-state index contributed by atoms with van der Waals surface area (Å²) in [5.41, 5.74) is 21.9. The van der Waals surface area contributed by atoms with Gasteiger partial charge in [0.25, 0.3) is 6.71 Å². The van der Waals surface area contributed by atoms with Gasteiger partial charge in [0.15, 0.2) is 0 Å². The van der Waals surface area contributed by atoms with E-state index in [0.29, 0.717) is 35.5 Å². The minimum absolute atomic E-state index is 0.0236. The summed E-state index contributed by atoms with van der Waals surface area (Å²) in [5, 5.41) is 7.75. The average molecular weight is 827 g/mol. The molecule has 2 heteroatoms. The lowest BCUT2D eigenvalue weighted by molar-refractivity contribution is 0.493. The van der Waals surface area contributed by atoms with E-state index in [-0.39, 0.29) is 6.71 Å². The van der Waals surface area contributed by atoms with Gasteiger partial charge in [-0.25, -0.2) is 0 Å². The number of hydrogen-bond donors (Lipinski definition) is 0. The van der Waals surface area contributed by atoms with Crippen molar-refractivity contribution in [2.24, 2.45) is 0 Å². The smallest absolute Gasteiger partial charge is 0.252 e. The summed E-state index contributed by atoms with van der Waals surface area (Å²) < 4.78 is 7.47. The van der Waals surface area contributed by atoms with Gasteiger partial charge in [-0.3, -0.25) is 0 Å². The van der Waals surface area contributed by atoms with Crippen molar-refractivity contribution in [2.75, 3.05) is 0 Å². The molecule has 8 aromatic carbocycles. The third-order valence-corrected chi connectivity index (χ3v) is 14.5. The Balaban J connectivity index is 1.52. The van der Waals surface area contributed by atoms with Crippen LogP contribution < -0.4 is 21.1 Å². The Kier molecular flexibility index (Phi) is 10.9. The van der Waals surface area contributed by atoms with Crippen LogP contribution in [-0.2, 0) is 0 Å². The zero-order chi connectivity index (χ0) is 44.9. The summed E-state index contributed by atoms with van der Waals surface area (Å²) in [6.45, 7) is 35.2. The van der Waals surface area contributed by atoms with Crippen LogP contribution in [0.15, 0.2) is 97.1 Å². The molecule has 9 rings (SSSR count). The van der Waals surface area contributed by atoms with Gasteiger partial charge in [0.1, 0.15) is 11.5 Å². The molecule has 1 nitrogen and oxygen atoms in total. The number of benzene rings is 8. The van der Waals surface area contributed by atoms with Crippen molar-refractivity contribution in [1.29, 1.82) is 0 Å². The molecule has 0 unspecified atom stereocenters. The van der Waals surface area contributed by atoms with Crippen LogP contribution in [0, 0.1) is 20.8 Å². The standard InChI is InChI=1S/C61H67BO/c1-32(2)42-28-48(34(5)6)55(49(29-42)35(7)8)45-22-20-41-21-23-46-56-47(25-24-44(45)54(41)56)61-60(58(46)57-50(36(9)10)30-43(33(3)4)31-51(57)37(11)12)62(52-18-16-17-19-53(52)63-61)59-39(14)26-38(13)27-40(59)15/h16-37H,1-15H3. The van der Waals surface area contributed by atoms with Gasteiger partial charge in [-0.15, -0.1) is 0 Å². The van der Waals surface area contributed by atoms with E-state index in [2.05, 4.69) is 201 Å². The van der Waals surface area contributed by atoms with Crippen LogP contribution in [0.4, 0.5) is 0 Å².